The zero-order chi connectivity index (χ0) is 29.0. The minimum Gasteiger partial charge on any atom is -0.135 e. The fourth-order valence-electron chi connectivity index (χ4n) is 6.99. The molecule has 0 saturated heterocycles. The summed E-state index contributed by atoms with van der Waals surface area (Å²) in [6.45, 7) is 0. The Hall–Kier alpha value is -4.76. The van der Waals surface area contributed by atoms with Gasteiger partial charge in [-0.3, -0.25) is 0 Å². The Morgan fingerprint density at radius 3 is 1.84 bits per heavy atom. The molecule has 0 N–H and O–H groups in total. The second-order valence-electron chi connectivity index (χ2n) is 11.5. The van der Waals surface area contributed by atoms with E-state index < -0.39 is 0 Å². The third-order valence-corrected chi connectivity index (χ3v) is 11.2. The van der Waals surface area contributed by atoms with E-state index in [2.05, 4.69) is 146 Å². The van der Waals surface area contributed by atoms with Crippen molar-refractivity contribution in [2.75, 3.05) is 0 Å². The van der Waals surface area contributed by atoms with Crippen molar-refractivity contribution in [2.45, 2.75) is 12.8 Å². The highest BCUT2D eigenvalue weighted by Gasteiger charge is 2.16. The van der Waals surface area contributed by atoms with E-state index in [0.29, 0.717) is 0 Å². The van der Waals surface area contributed by atoms with Crippen molar-refractivity contribution in [3.05, 3.63) is 151 Å². The summed E-state index contributed by atoms with van der Waals surface area (Å²) < 4.78 is 5.39. The molecule has 0 bridgehead atoms. The van der Waals surface area contributed by atoms with Crippen LogP contribution in [0.25, 0.3) is 78.6 Å². The molecular weight excluding hydrogens is 569 g/mol. The molecule has 1 aliphatic carbocycles. The molecule has 0 nitrogen and oxygen atoms in total. The molecule has 6 aromatic carbocycles. The van der Waals surface area contributed by atoms with Crippen LogP contribution in [0, 0.1) is 0 Å². The zero-order valence-corrected chi connectivity index (χ0v) is 25.7. The summed E-state index contributed by atoms with van der Waals surface area (Å²) in [5.74, 6) is 0. The molecule has 0 atom stereocenters. The maximum absolute atomic E-state index is 2.42. The van der Waals surface area contributed by atoms with E-state index >= 15 is 0 Å². The van der Waals surface area contributed by atoms with Gasteiger partial charge in [0.15, 0.2) is 0 Å². The van der Waals surface area contributed by atoms with E-state index in [1.165, 1.54) is 84.2 Å². The Labute approximate surface area is 264 Å². The van der Waals surface area contributed by atoms with Gasteiger partial charge in [-0.25, -0.2) is 0 Å². The first-order valence-corrected chi connectivity index (χ1v) is 16.9. The number of rotatable bonds is 2. The van der Waals surface area contributed by atoms with Gasteiger partial charge in [-0.1, -0.05) is 121 Å². The fourth-order valence-corrected chi connectivity index (χ4v) is 9.25. The highest BCUT2D eigenvalue weighted by molar-refractivity contribution is 7.27. The fraction of sp³-hybridized carbons (Fsp3) is 0.0476. The molecular formula is C42H28S2. The van der Waals surface area contributed by atoms with Crippen molar-refractivity contribution in [1.29, 1.82) is 0 Å². The lowest BCUT2D eigenvalue weighted by Gasteiger charge is -2.13. The number of hydrogen-bond acceptors (Lipinski definition) is 2. The molecule has 2 heterocycles. The summed E-state index contributed by atoms with van der Waals surface area (Å²) >= 11 is 3.81. The van der Waals surface area contributed by atoms with Crippen molar-refractivity contribution in [1.82, 2.24) is 0 Å². The van der Waals surface area contributed by atoms with E-state index in [9.17, 15) is 0 Å². The number of thiophene rings is 2. The van der Waals surface area contributed by atoms with Gasteiger partial charge >= 0.3 is 0 Å². The largest absolute Gasteiger partial charge is 0.135 e. The van der Waals surface area contributed by atoms with Gasteiger partial charge in [0.25, 0.3) is 0 Å². The van der Waals surface area contributed by atoms with Crippen molar-refractivity contribution in [2.24, 2.45) is 0 Å². The van der Waals surface area contributed by atoms with Gasteiger partial charge in [-0.15, -0.1) is 22.7 Å². The monoisotopic (exact) mass is 596 g/mol. The molecule has 2 heteroatoms. The lowest BCUT2D eigenvalue weighted by atomic mass is 9.92. The first kappa shape index (κ1) is 25.7. The van der Waals surface area contributed by atoms with Gasteiger partial charge < -0.3 is 0 Å². The van der Waals surface area contributed by atoms with Gasteiger partial charge in [0.1, 0.15) is 0 Å². The van der Waals surface area contributed by atoms with E-state index in [-0.39, 0.29) is 0 Å². The molecule has 9 rings (SSSR count). The summed E-state index contributed by atoms with van der Waals surface area (Å²) in [5, 5.41) is 10.7. The van der Waals surface area contributed by atoms with Gasteiger partial charge in [-0.2, -0.15) is 0 Å². The highest BCUT2D eigenvalue weighted by Crippen LogP contribution is 2.46. The maximum Gasteiger partial charge on any atom is 0.0362 e. The average Bonchev–Trinajstić information content (AvgIpc) is 3.65. The molecule has 0 radical (unpaired) electrons. The molecule has 1 aliphatic rings. The van der Waals surface area contributed by atoms with E-state index in [0.717, 1.165) is 12.8 Å². The average molecular weight is 597 g/mol. The van der Waals surface area contributed by atoms with Crippen molar-refractivity contribution in [3.63, 3.8) is 0 Å². The Kier molecular flexibility index (Phi) is 6.11. The second-order valence-corrected chi connectivity index (χ2v) is 13.7. The first-order chi connectivity index (χ1) is 21.8. The van der Waals surface area contributed by atoms with Crippen molar-refractivity contribution < 1.29 is 0 Å². The molecule has 44 heavy (non-hydrogen) atoms. The lowest BCUT2D eigenvalue weighted by molar-refractivity contribution is 1.06. The van der Waals surface area contributed by atoms with Crippen LogP contribution >= 0.6 is 22.7 Å². The standard InChI is InChI=1S/C42H28S2/c1-2-7-15-31(33-17-9-8-16-32(33)30(14-6-1)27-12-4-3-5-13-27)29-20-23-35-39(26-29)44-38-25-22-28-21-24-37-41(40(28)42(35)38)34-18-10-11-19-36(34)43-37/h1-4,6-12,14-26H,5,13H2. The summed E-state index contributed by atoms with van der Waals surface area (Å²) in [5.41, 5.74) is 5.20. The highest BCUT2D eigenvalue weighted by atomic mass is 32.1. The van der Waals surface area contributed by atoms with Gasteiger partial charge in [0, 0.05) is 45.7 Å². The third-order valence-electron chi connectivity index (χ3n) is 8.99. The molecule has 208 valence electrons. The Bertz CT molecular complexity index is 2550. The lowest BCUT2D eigenvalue weighted by Crippen LogP contribution is -1.89. The Morgan fingerprint density at radius 1 is 0.455 bits per heavy atom. The van der Waals surface area contributed by atoms with Crippen LogP contribution in [0.15, 0.2) is 146 Å². The summed E-state index contributed by atoms with van der Waals surface area (Å²) in [6, 6.07) is 47.3. The van der Waals surface area contributed by atoms with E-state index in [4.69, 9.17) is 0 Å². The molecule has 2 aromatic heterocycles. The molecule has 0 spiro atoms. The van der Waals surface area contributed by atoms with Crippen LogP contribution in [-0.2, 0) is 0 Å². The van der Waals surface area contributed by atoms with Gasteiger partial charge in [0.2, 0.25) is 0 Å². The predicted octanol–water partition coefficient (Wildman–Crippen LogP) is 13.3. The molecule has 8 aromatic rings. The predicted molar refractivity (Wildman–Crippen MR) is 197 cm³/mol. The quantitative estimate of drug-likeness (QED) is 0.186. The van der Waals surface area contributed by atoms with Gasteiger partial charge in [-0.05, 0) is 75.5 Å². The van der Waals surface area contributed by atoms with Crippen LogP contribution in [0.2, 0.25) is 0 Å². The topological polar surface area (TPSA) is 0 Å². The molecule has 0 saturated carbocycles. The SMILES string of the molecule is C1=CCCC(c2ccccccc(-c3ccc4c(c3)sc3ccc5ccc6sc7ccccc7c6c5c34)c3ccccc23)=C1. The van der Waals surface area contributed by atoms with Crippen LogP contribution in [0.1, 0.15) is 18.4 Å². The van der Waals surface area contributed by atoms with Crippen LogP contribution in [-0.4, -0.2) is 0 Å². The van der Waals surface area contributed by atoms with Crippen molar-refractivity contribution >= 4 is 90.1 Å². The summed E-state index contributed by atoms with van der Waals surface area (Å²) in [4.78, 5) is 0. The normalized spacial score (nSPS) is 13.3. The van der Waals surface area contributed by atoms with Crippen LogP contribution in [0.4, 0.5) is 0 Å². The summed E-state index contributed by atoms with van der Waals surface area (Å²) in [6.07, 6.45) is 8.89. The number of fused-ring (bicyclic) bond motifs is 10. The molecule has 0 fully saturated rings. The van der Waals surface area contributed by atoms with Crippen LogP contribution in [0.3, 0.4) is 0 Å². The number of allylic oxidation sites excluding steroid dienone is 4. The molecule has 0 unspecified atom stereocenters. The Balaban J connectivity index is 1.33. The van der Waals surface area contributed by atoms with Crippen LogP contribution < -0.4 is 0 Å². The molecule has 0 amide bonds. The number of benzene rings is 5. The van der Waals surface area contributed by atoms with Gasteiger partial charge in [0.05, 0.1) is 0 Å². The number of hydrogen-bond donors (Lipinski definition) is 0. The third kappa shape index (κ3) is 4.10. The zero-order valence-electron chi connectivity index (χ0n) is 24.1. The van der Waals surface area contributed by atoms with E-state index in [1.54, 1.807) is 0 Å². The first-order valence-electron chi connectivity index (χ1n) is 15.2. The van der Waals surface area contributed by atoms with Crippen LogP contribution in [0.5, 0.6) is 0 Å². The smallest absolute Gasteiger partial charge is 0.0362 e. The Morgan fingerprint density at radius 2 is 1.09 bits per heavy atom. The summed E-state index contributed by atoms with van der Waals surface area (Å²) in [7, 11) is 0. The minimum atomic E-state index is 1.06. The minimum absolute atomic E-state index is 1.06. The van der Waals surface area contributed by atoms with Crippen molar-refractivity contribution in [3.8, 4) is 11.1 Å². The maximum atomic E-state index is 2.42. The molecule has 0 aliphatic heterocycles. The second kappa shape index (κ2) is 10.4. The van der Waals surface area contributed by atoms with E-state index in [1.807, 2.05) is 22.7 Å².